The number of hydrogen-bond donors (Lipinski definition) is 2. The van der Waals surface area contributed by atoms with Gasteiger partial charge in [0.05, 0.1) is 7.11 Å². The second-order valence-electron chi connectivity index (χ2n) is 6.51. The number of carbonyl (C=O) groups is 1. The Hall–Kier alpha value is -1.55. The Kier molecular flexibility index (Phi) is 6.25. The van der Waals surface area contributed by atoms with Crippen LogP contribution in [-0.4, -0.2) is 25.1 Å². The van der Waals surface area contributed by atoms with E-state index in [-0.39, 0.29) is 11.9 Å². The predicted molar refractivity (Wildman–Crippen MR) is 90.3 cm³/mol. The molecule has 1 fully saturated rings. The normalized spacial score (nSPS) is 22.9. The molecule has 122 valence electrons. The Bertz CT molecular complexity index is 482. The first kappa shape index (κ1) is 16.8. The van der Waals surface area contributed by atoms with Crippen LogP contribution in [0.3, 0.4) is 0 Å². The van der Waals surface area contributed by atoms with Gasteiger partial charge in [-0.3, -0.25) is 4.79 Å². The zero-order chi connectivity index (χ0) is 15.9. The summed E-state index contributed by atoms with van der Waals surface area (Å²) >= 11 is 0. The molecule has 1 aliphatic carbocycles. The van der Waals surface area contributed by atoms with E-state index in [0.717, 1.165) is 17.4 Å². The average molecular weight is 304 g/mol. The molecule has 2 rings (SSSR count). The van der Waals surface area contributed by atoms with E-state index in [4.69, 9.17) is 4.74 Å². The Balaban J connectivity index is 1.76. The highest BCUT2D eigenvalue weighted by molar-refractivity contribution is 5.91. The van der Waals surface area contributed by atoms with Gasteiger partial charge >= 0.3 is 0 Å². The van der Waals surface area contributed by atoms with E-state index in [1.54, 1.807) is 7.11 Å². The molecule has 0 radical (unpaired) electrons. The molecular formula is C18H28N2O2. The minimum absolute atomic E-state index is 0.0393. The van der Waals surface area contributed by atoms with Crippen LogP contribution in [0.2, 0.25) is 0 Å². The molecule has 0 saturated heterocycles. The van der Waals surface area contributed by atoms with Gasteiger partial charge in [-0.2, -0.15) is 0 Å². The van der Waals surface area contributed by atoms with Gasteiger partial charge in [0, 0.05) is 30.3 Å². The number of rotatable bonds is 6. The van der Waals surface area contributed by atoms with Crippen LogP contribution < -0.4 is 15.4 Å². The van der Waals surface area contributed by atoms with Crippen LogP contribution in [0.4, 0.5) is 5.69 Å². The lowest BCUT2D eigenvalue weighted by atomic mass is 9.87. The third-order valence-corrected chi connectivity index (χ3v) is 4.38. The molecule has 1 atom stereocenters. The van der Waals surface area contributed by atoms with Crippen LogP contribution in [0.1, 0.15) is 46.0 Å². The molecule has 1 unspecified atom stereocenters. The molecule has 1 aromatic carbocycles. The molecule has 0 spiro atoms. The quantitative estimate of drug-likeness (QED) is 0.844. The molecule has 0 aromatic heterocycles. The largest absolute Gasteiger partial charge is 0.497 e. The van der Waals surface area contributed by atoms with Crippen molar-refractivity contribution in [3.8, 4) is 5.75 Å². The second kappa shape index (κ2) is 8.18. The van der Waals surface area contributed by atoms with Crippen molar-refractivity contribution >= 4 is 11.6 Å². The topological polar surface area (TPSA) is 50.4 Å². The Morgan fingerprint density at radius 2 is 2.05 bits per heavy atom. The summed E-state index contributed by atoms with van der Waals surface area (Å²) in [5, 5.41) is 6.53. The summed E-state index contributed by atoms with van der Waals surface area (Å²) in [4.78, 5) is 12.1. The van der Waals surface area contributed by atoms with Crippen molar-refractivity contribution in [2.75, 3.05) is 12.4 Å². The van der Waals surface area contributed by atoms with E-state index in [1.165, 1.54) is 25.7 Å². The van der Waals surface area contributed by atoms with Crippen molar-refractivity contribution < 1.29 is 9.53 Å². The Labute approximate surface area is 133 Å². The summed E-state index contributed by atoms with van der Waals surface area (Å²) in [7, 11) is 1.62. The summed E-state index contributed by atoms with van der Waals surface area (Å²) in [6, 6.07) is 8.21. The first-order chi connectivity index (χ1) is 10.6. The highest BCUT2D eigenvalue weighted by Crippen LogP contribution is 2.24. The highest BCUT2D eigenvalue weighted by atomic mass is 16.5. The number of ether oxygens (including phenoxy) is 1. The fourth-order valence-electron chi connectivity index (χ4n) is 3.08. The van der Waals surface area contributed by atoms with Crippen LogP contribution in [0.15, 0.2) is 24.3 Å². The van der Waals surface area contributed by atoms with Crippen molar-refractivity contribution in [3.05, 3.63) is 24.3 Å². The zero-order valence-electron chi connectivity index (χ0n) is 13.9. The van der Waals surface area contributed by atoms with Crippen molar-refractivity contribution in [2.24, 2.45) is 5.92 Å². The summed E-state index contributed by atoms with van der Waals surface area (Å²) in [6.07, 6.45) is 5.52. The molecule has 1 aliphatic rings. The van der Waals surface area contributed by atoms with Gasteiger partial charge in [0.15, 0.2) is 0 Å². The number of benzene rings is 1. The molecule has 1 aromatic rings. The molecule has 0 aliphatic heterocycles. The molecular weight excluding hydrogens is 276 g/mol. The van der Waals surface area contributed by atoms with E-state index >= 15 is 0 Å². The number of nitrogens with one attached hydrogen (secondary N) is 2. The van der Waals surface area contributed by atoms with Gasteiger partial charge in [-0.25, -0.2) is 0 Å². The minimum atomic E-state index is 0.0393. The maximum atomic E-state index is 12.1. The Morgan fingerprint density at radius 3 is 2.73 bits per heavy atom. The molecule has 1 amide bonds. The van der Waals surface area contributed by atoms with Gasteiger partial charge in [0.2, 0.25) is 5.91 Å². The SMILES string of the molecule is COc1cccc(NC(=O)CC(C)NC2CCC(C)CC2)c1. The third-order valence-electron chi connectivity index (χ3n) is 4.38. The molecule has 0 bridgehead atoms. The van der Waals surface area contributed by atoms with Crippen LogP contribution in [0.25, 0.3) is 0 Å². The molecule has 22 heavy (non-hydrogen) atoms. The smallest absolute Gasteiger partial charge is 0.225 e. The fraction of sp³-hybridized carbons (Fsp3) is 0.611. The number of methoxy groups -OCH3 is 1. The maximum Gasteiger partial charge on any atom is 0.225 e. The van der Waals surface area contributed by atoms with Gasteiger partial charge in [0.25, 0.3) is 0 Å². The third kappa shape index (κ3) is 5.34. The summed E-state index contributed by atoms with van der Waals surface area (Å²) in [6.45, 7) is 4.41. The number of amides is 1. The molecule has 2 N–H and O–H groups in total. The molecule has 1 saturated carbocycles. The van der Waals surface area contributed by atoms with Crippen LogP contribution >= 0.6 is 0 Å². The lowest BCUT2D eigenvalue weighted by Crippen LogP contribution is -2.40. The van der Waals surface area contributed by atoms with Crippen molar-refractivity contribution in [1.82, 2.24) is 5.32 Å². The minimum Gasteiger partial charge on any atom is -0.497 e. The summed E-state index contributed by atoms with van der Waals surface area (Å²) in [5.74, 6) is 1.64. The van der Waals surface area contributed by atoms with E-state index < -0.39 is 0 Å². The van der Waals surface area contributed by atoms with Gasteiger partial charge < -0.3 is 15.4 Å². The van der Waals surface area contributed by atoms with Crippen LogP contribution in [0, 0.1) is 5.92 Å². The van der Waals surface area contributed by atoms with Gasteiger partial charge in [-0.05, 0) is 50.7 Å². The standard InChI is InChI=1S/C18H28N2O2/c1-13-7-9-15(10-8-13)19-14(2)11-18(21)20-16-5-4-6-17(12-16)22-3/h4-6,12-15,19H,7-11H2,1-3H3,(H,20,21). The molecule has 4 nitrogen and oxygen atoms in total. The van der Waals surface area contributed by atoms with E-state index in [2.05, 4.69) is 24.5 Å². The number of hydrogen-bond acceptors (Lipinski definition) is 3. The van der Waals surface area contributed by atoms with Gasteiger partial charge in [-0.15, -0.1) is 0 Å². The van der Waals surface area contributed by atoms with Crippen molar-refractivity contribution in [3.63, 3.8) is 0 Å². The zero-order valence-corrected chi connectivity index (χ0v) is 13.9. The first-order valence-electron chi connectivity index (χ1n) is 8.26. The number of anilines is 1. The number of carbonyl (C=O) groups excluding carboxylic acids is 1. The second-order valence-corrected chi connectivity index (χ2v) is 6.51. The lowest BCUT2D eigenvalue weighted by Gasteiger charge is -2.29. The molecule has 4 heteroatoms. The maximum absolute atomic E-state index is 12.1. The van der Waals surface area contributed by atoms with E-state index in [0.29, 0.717) is 12.5 Å². The van der Waals surface area contributed by atoms with Crippen LogP contribution in [0.5, 0.6) is 5.75 Å². The van der Waals surface area contributed by atoms with Crippen LogP contribution in [-0.2, 0) is 4.79 Å². The van der Waals surface area contributed by atoms with E-state index in [1.807, 2.05) is 24.3 Å². The molecule has 0 heterocycles. The lowest BCUT2D eigenvalue weighted by molar-refractivity contribution is -0.116. The summed E-state index contributed by atoms with van der Waals surface area (Å²) in [5.41, 5.74) is 0.781. The fourth-order valence-corrected chi connectivity index (χ4v) is 3.08. The van der Waals surface area contributed by atoms with Gasteiger partial charge in [0.1, 0.15) is 5.75 Å². The van der Waals surface area contributed by atoms with Crippen molar-refractivity contribution in [1.29, 1.82) is 0 Å². The first-order valence-corrected chi connectivity index (χ1v) is 8.26. The van der Waals surface area contributed by atoms with Crippen molar-refractivity contribution in [2.45, 2.75) is 58.0 Å². The van der Waals surface area contributed by atoms with Gasteiger partial charge in [-0.1, -0.05) is 13.0 Å². The predicted octanol–water partition coefficient (Wildman–Crippen LogP) is 3.58. The monoisotopic (exact) mass is 304 g/mol. The summed E-state index contributed by atoms with van der Waals surface area (Å²) < 4.78 is 5.16. The Morgan fingerprint density at radius 1 is 1.32 bits per heavy atom. The highest BCUT2D eigenvalue weighted by Gasteiger charge is 2.20. The average Bonchev–Trinajstić information content (AvgIpc) is 2.49. The van der Waals surface area contributed by atoms with E-state index in [9.17, 15) is 4.79 Å².